The normalized spacial score (nSPS) is 21.9. The molecular formula is C22H26N2O3. The number of carbonyl (C=O) groups excluding carboxylic acids is 1. The molecule has 2 aromatic carbocycles. The zero-order valence-corrected chi connectivity index (χ0v) is 15.9. The summed E-state index contributed by atoms with van der Waals surface area (Å²) >= 11 is 0. The molecule has 2 fully saturated rings. The molecule has 0 aromatic heterocycles. The van der Waals surface area contributed by atoms with Crippen LogP contribution in [-0.4, -0.2) is 56.8 Å². The second kappa shape index (κ2) is 7.71. The number of rotatable bonds is 7. The van der Waals surface area contributed by atoms with E-state index in [1.165, 1.54) is 0 Å². The molecule has 142 valence electrons. The summed E-state index contributed by atoms with van der Waals surface area (Å²) < 4.78 is 10.7. The van der Waals surface area contributed by atoms with Crippen molar-refractivity contribution in [3.8, 4) is 16.9 Å². The van der Waals surface area contributed by atoms with Gasteiger partial charge in [-0.05, 0) is 36.1 Å². The fourth-order valence-corrected chi connectivity index (χ4v) is 4.33. The number of fused-ring (bicyclic) bond motifs is 2. The first-order chi connectivity index (χ1) is 13.2. The van der Waals surface area contributed by atoms with Crippen LogP contribution in [0.2, 0.25) is 0 Å². The van der Waals surface area contributed by atoms with Crippen molar-refractivity contribution < 1.29 is 14.3 Å². The monoisotopic (exact) mass is 366 g/mol. The summed E-state index contributed by atoms with van der Waals surface area (Å²) in [7, 11) is 3.38. The highest BCUT2D eigenvalue weighted by molar-refractivity contribution is 6.03. The Hall–Kier alpha value is -2.37. The smallest absolute Gasteiger partial charge is 0.244 e. The van der Waals surface area contributed by atoms with Gasteiger partial charge < -0.3 is 14.4 Å². The first-order valence-corrected chi connectivity index (χ1v) is 9.52. The minimum atomic E-state index is -0.0167. The second-order valence-electron chi connectivity index (χ2n) is 7.21. The molecule has 2 aromatic rings. The zero-order chi connectivity index (χ0) is 18.8. The van der Waals surface area contributed by atoms with Gasteiger partial charge in [0.15, 0.2) is 0 Å². The molecule has 2 heterocycles. The van der Waals surface area contributed by atoms with Crippen molar-refractivity contribution in [2.45, 2.75) is 24.9 Å². The van der Waals surface area contributed by atoms with Gasteiger partial charge in [-0.3, -0.25) is 9.69 Å². The van der Waals surface area contributed by atoms with Gasteiger partial charge in [-0.15, -0.1) is 0 Å². The zero-order valence-electron chi connectivity index (χ0n) is 15.9. The number of benzene rings is 2. The van der Waals surface area contributed by atoms with Crippen molar-refractivity contribution in [1.82, 2.24) is 4.90 Å². The van der Waals surface area contributed by atoms with Crippen LogP contribution in [0.15, 0.2) is 48.5 Å². The minimum absolute atomic E-state index is 0.0167. The molecule has 2 atom stereocenters. The van der Waals surface area contributed by atoms with Crippen molar-refractivity contribution >= 4 is 11.6 Å². The Bertz CT molecular complexity index is 808. The number of methoxy groups -OCH3 is 2. The van der Waals surface area contributed by atoms with Crippen molar-refractivity contribution in [3.05, 3.63) is 48.5 Å². The molecule has 2 saturated heterocycles. The number of amides is 1. The molecule has 2 bridgehead atoms. The van der Waals surface area contributed by atoms with E-state index >= 15 is 0 Å². The minimum Gasteiger partial charge on any atom is -0.495 e. The number of carbonyl (C=O) groups is 1. The van der Waals surface area contributed by atoms with E-state index in [4.69, 9.17) is 9.47 Å². The van der Waals surface area contributed by atoms with E-state index in [1.807, 2.05) is 35.2 Å². The highest BCUT2D eigenvalue weighted by Gasteiger charge is 2.50. The van der Waals surface area contributed by atoms with Crippen molar-refractivity contribution in [1.29, 1.82) is 0 Å². The number of anilines is 1. The molecule has 0 N–H and O–H groups in total. The number of likely N-dealkylation sites (tertiary alicyclic amines) is 1. The lowest BCUT2D eigenvalue weighted by Crippen LogP contribution is -2.50. The van der Waals surface area contributed by atoms with E-state index in [2.05, 4.69) is 23.1 Å². The van der Waals surface area contributed by atoms with Crippen LogP contribution in [0.25, 0.3) is 11.1 Å². The van der Waals surface area contributed by atoms with Crippen LogP contribution < -0.4 is 9.64 Å². The summed E-state index contributed by atoms with van der Waals surface area (Å²) in [5, 5.41) is 0. The number of hydrogen-bond donors (Lipinski definition) is 0. The molecule has 2 aliphatic heterocycles. The quantitative estimate of drug-likeness (QED) is 0.706. The standard InChI is InChI=1S/C22H26N2O3/c1-26-12-6-11-23-15-18-14-20(23)22(25)24(18)19-13-17(9-10-21(19)27-2)16-7-4-3-5-8-16/h3-5,7-10,13,18,20H,6,11-12,14-15H2,1-2H3/t18-,20-/m0/s1. The van der Waals surface area contributed by atoms with Crippen LogP contribution in [0.1, 0.15) is 12.8 Å². The summed E-state index contributed by atoms with van der Waals surface area (Å²) in [6.45, 7) is 2.56. The van der Waals surface area contributed by atoms with Gasteiger partial charge in [-0.1, -0.05) is 36.4 Å². The predicted octanol–water partition coefficient (Wildman–Crippen LogP) is 3.19. The molecule has 1 amide bonds. The van der Waals surface area contributed by atoms with E-state index in [9.17, 15) is 4.79 Å². The lowest BCUT2D eigenvalue weighted by molar-refractivity contribution is -0.122. The van der Waals surface area contributed by atoms with Crippen LogP contribution in [0.5, 0.6) is 5.75 Å². The average Bonchev–Trinajstić information content (AvgIpc) is 3.26. The molecule has 5 heteroatoms. The summed E-state index contributed by atoms with van der Waals surface area (Å²) in [5.74, 6) is 0.939. The van der Waals surface area contributed by atoms with Crippen molar-refractivity contribution in [2.75, 3.05) is 38.8 Å². The van der Waals surface area contributed by atoms with Crippen molar-refractivity contribution in [2.24, 2.45) is 0 Å². The van der Waals surface area contributed by atoms with Gasteiger partial charge >= 0.3 is 0 Å². The Morgan fingerprint density at radius 3 is 2.59 bits per heavy atom. The van der Waals surface area contributed by atoms with Crippen LogP contribution in [0.3, 0.4) is 0 Å². The van der Waals surface area contributed by atoms with Gasteiger partial charge in [0.25, 0.3) is 0 Å². The van der Waals surface area contributed by atoms with Gasteiger partial charge in [0.05, 0.1) is 24.9 Å². The van der Waals surface area contributed by atoms with Gasteiger partial charge in [-0.25, -0.2) is 0 Å². The highest BCUT2D eigenvalue weighted by Crippen LogP contribution is 2.41. The summed E-state index contributed by atoms with van der Waals surface area (Å²) in [6.07, 6.45) is 1.85. The lowest BCUT2D eigenvalue weighted by Gasteiger charge is -2.34. The number of ether oxygens (including phenoxy) is 2. The van der Waals surface area contributed by atoms with Gasteiger partial charge in [-0.2, -0.15) is 0 Å². The molecule has 0 radical (unpaired) electrons. The maximum absolute atomic E-state index is 13.1. The third-order valence-corrected chi connectivity index (χ3v) is 5.61. The topological polar surface area (TPSA) is 42.0 Å². The first-order valence-electron chi connectivity index (χ1n) is 9.52. The SMILES string of the molecule is COCCCN1C[C@@H]2C[C@H]1C(=O)N2c1cc(-c2ccccc2)ccc1OC. The molecule has 4 rings (SSSR count). The third kappa shape index (κ3) is 3.33. The Balaban J connectivity index is 1.60. The average molecular weight is 366 g/mol. The van der Waals surface area contributed by atoms with Crippen LogP contribution in [0.4, 0.5) is 5.69 Å². The summed E-state index contributed by atoms with van der Waals surface area (Å²) in [5.41, 5.74) is 3.12. The fourth-order valence-electron chi connectivity index (χ4n) is 4.33. The number of nitrogens with zero attached hydrogens (tertiary/aromatic N) is 2. The maximum Gasteiger partial charge on any atom is 0.244 e. The van der Waals surface area contributed by atoms with E-state index in [-0.39, 0.29) is 18.0 Å². The summed E-state index contributed by atoms with van der Waals surface area (Å²) in [4.78, 5) is 17.4. The maximum atomic E-state index is 13.1. The van der Waals surface area contributed by atoms with E-state index < -0.39 is 0 Å². The molecule has 0 unspecified atom stereocenters. The first kappa shape index (κ1) is 18.0. The van der Waals surface area contributed by atoms with Crippen LogP contribution in [-0.2, 0) is 9.53 Å². The third-order valence-electron chi connectivity index (χ3n) is 5.61. The van der Waals surface area contributed by atoms with E-state index in [0.29, 0.717) is 0 Å². The number of hydrogen-bond acceptors (Lipinski definition) is 4. The Labute approximate surface area is 160 Å². The second-order valence-corrected chi connectivity index (χ2v) is 7.21. The largest absolute Gasteiger partial charge is 0.495 e. The van der Waals surface area contributed by atoms with Crippen molar-refractivity contribution in [3.63, 3.8) is 0 Å². The Morgan fingerprint density at radius 1 is 1.07 bits per heavy atom. The lowest BCUT2D eigenvalue weighted by atomic mass is 10.0. The Morgan fingerprint density at radius 2 is 1.89 bits per heavy atom. The molecule has 0 saturated carbocycles. The van der Waals surface area contributed by atoms with Gasteiger partial charge in [0.1, 0.15) is 5.75 Å². The van der Waals surface area contributed by atoms with Gasteiger partial charge in [0.2, 0.25) is 5.91 Å². The summed E-state index contributed by atoms with van der Waals surface area (Å²) in [6, 6.07) is 16.5. The molecule has 27 heavy (non-hydrogen) atoms. The predicted molar refractivity (Wildman–Crippen MR) is 106 cm³/mol. The van der Waals surface area contributed by atoms with E-state index in [0.717, 1.165) is 55.1 Å². The van der Waals surface area contributed by atoms with Crippen LogP contribution >= 0.6 is 0 Å². The van der Waals surface area contributed by atoms with Gasteiger partial charge in [0, 0.05) is 26.8 Å². The highest BCUT2D eigenvalue weighted by atomic mass is 16.5. The molecule has 0 spiro atoms. The molecule has 5 nitrogen and oxygen atoms in total. The van der Waals surface area contributed by atoms with E-state index in [1.54, 1.807) is 14.2 Å². The van der Waals surface area contributed by atoms with Crippen LogP contribution in [0, 0.1) is 0 Å². The molecular weight excluding hydrogens is 340 g/mol. The fraction of sp³-hybridized carbons (Fsp3) is 0.409. The Kier molecular flexibility index (Phi) is 5.14. The molecule has 0 aliphatic carbocycles. The number of piperazine rings is 1. The molecule has 2 aliphatic rings.